The lowest BCUT2D eigenvalue weighted by Gasteiger charge is -2.19. The summed E-state index contributed by atoms with van der Waals surface area (Å²) in [5, 5.41) is 3.17. The van der Waals surface area contributed by atoms with Gasteiger partial charge in [-0.2, -0.15) is 0 Å². The summed E-state index contributed by atoms with van der Waals surface area (Å²) in [6, 6.07) is 6.03. The molecule has 0 spiro atoms. The minimum absolute atomic E-state index is 0.611. The van der Waals surface area contributed by atoms with Crippen molar-refractivity contribution in [3.05, 3.63) is 23.8 Å². The van der Waals surface area contributed by atoms with Gasteiger partial charge in [-0.3, -0.25) is 10.4 Å². The van der Waals surface area contributed by atoms with E-state index in [-0.39, 0.29) is 0 Å². The fraction of sp³-hybridized carbons (Fsp3) is 0.500. The highest BCUT2D eigenvalue weighted by Crippen LogP contribution is 2.30. The minimum Gasteiger partial charge on any atom is -0.486 e. The van der Waals surface area contributed by atoms with E-state index in [2.05, 4.69) is 22.7 Å². The van der Waals surface area contributed by atoms with Gasteiger partial charge in [0, 0.05) is 13.1 Å². The summed E-state index contributed by atoms with van der Waals surface area (Å²) in [5.74, 6) is 7.68. The molecule has 0 amide bonds. The Kier molecular flexibility index (Phi) is 5.49. The van der Waals surface area contributed by atoms with Crippen LogP contribution >= 0.6 is 0 Å². The lowest BCUT2D eigenvalue weighted by molar-refractivity contribution is 0.171. The van der Waals surface area contributed by atoms with E-state index in [9.17, 15) is 0 Å². The summed E-state index contributed by atoms with van der Waals surface area (Å²) in [7, 11) is 0. The molecular weight excluding hydrogens is 256 g/mol. The van der Waals surface area contributed by atoms with Gasteiger partial charge in [-0.25, -0.2) is 5.84 Å². The van der Waals surface area contributed by atoms with Crippen LogP contribution in [0.25, 0.3) is 0 Å². The van der Waals surface area contributed by atoms with E-state index in [0.29, 0.717) is 19.2 Å². The maximum absolute atomic E-state index is 5.56. The molecule has 2 rings (SSSR count). The number of aliphatic imine (C=N–C) groups is 1. The topological polar surface area (TPSA) is 80.9 Å². The van der Waals surface area contributed by atoms with Crippen LogP contribution in [-0.2, 0) is 6.42 Å². The largest absolute Gasteiger partial charge is 0.486 e. The minimum atomic E-state index is 0.611. The standard InChI is InChI=1S/C14H22N4O2/c1-2-6-16-14(18-15)17-7-5-11-3-4-12-13(10-11)20-9-8-19-12/h3-4,10H,2,5-9,15H2,1H3,(H2,16,17,18). The fourth-order valence-electron chi connectivity index (χ4n) is 1.94. The van der Waals surface area contributed by atoms with Gasteiger partial charge < -0.3 is 14.8 Å². The monoisotopic (exact) mass is 278 g/mol. The molecular formula is C14H22N4O2. The zero-order valence-corrected chi connectivity index (χ0v) is 11.8. The summed E-state index contributed by atoms with van der Waals surface area (Å²) >= 11 is 0. The van der Waals surface area contributed by atoms with Gasteiger partial charge in [-0.15, -0.1) is 0 Å². The van der Waals surface area contributed by atoms with Crippen LogP contribution in [0.3, 0.4) is 0 Å². The first-order chi connectivity index (χ1) is 9.83. The first-order valence-electron chi connectivity index (χ1n) is 6.97. The summed E-state index contributed by atoms with van der Waals surface area (Å²) in [6.45, 7) is 4.82. The van der Waals surface area contributed by atoms with Crippen molar-refractivity contribution in [2.24, 2.45) is 10.8 Å². The molecule has 0 saturated heterocycles. The Bertz CT molecular complexity index is 462. The molecule has 110 valence electrons. The number of hydrogen-bond acceptors (Lipinski definition) is 4. The maximum atomic E-state index is 5.56. The van der Waals surface area contributed by atoms with Gasteiger partial charge in [0.1, 0.15) is 13.2 Å². The number of fused-ring (bicyclic) bond motifs is 1. The van der Waals surface area contributed by atoms with Gasteiger partial charge in [-0.05, 0) is 30.5 Å². The molecule has 1 aromatic carbocycles. The number of benzene rings is 1. The molecule has 6 nitrogen and oxygen atoms in total. The Morgan fingerprint density at radius 1 is 1.30 bits per heavy atom. The third-order valence-corrected chi connectivity index (χ3v) is 2.94. The number of rotatable bonds is 5. The van der Waals surface area contributed by atoms with Crippen LogP contribution in [0.5, 0.6) is 11.5 Å². The van der Waals surface area contributed by atoms with Gasteiger partial charge in [0.2, 0.25) is 5.96 Å². The Balaban J connectivity index is 1.84. The quantitative estimate of drug-likeness (QED) is 0.321. The van der Waals surface area contributed by atoms with Crippen molar-refractivity contribution in [3.8, 4) is 11.5 Å². The van der Waals surface area contributed by atoms with Gasteiger partial charge in [-0.1, -0.05) is 13.0 Å². The van der Waals surface area contributed by atoms with E-state index in [4.69, 9.17) is 15.3 Å². The van der Waals surface area contributed by atoms with Crippen LogP contribution in [0.1, 0.15) is 18.9 Å². The second-order valence-corrected chi connectivity index (χ2v) is 4.53. The summed E-state index contributed by atoms with van der Waals surface area (Å²) in [6.07, 6.45) is 1.86. The molecule has 1 aliphatic heterocycles. The van der Waals surface area contributed by atoms with E-state index in [1.165, 1.54) is 5.56 Å². The number of nitrogens with one attached hydrogen (secondary N) is 2. The number of nitrogens with two attached hydrogens (primary N) is 1. The van der Waals surface area contributed by atoms with Crippen LogP contribution in [0, 0.1) is 0 Å². The van der Waals surface area contributed by atoms with Gasteiger partial charge >= 0.3 is 0 Å². The average Bonchev–Trinajstić information content (AvgIpc) is 2.50. The summed E-state index contributed by atoms with van der Waals surface area (Å²) in [4.78, 5) is 4.29. The lowest BCUT2D eigenvalue weighted by atomic mass is 10.1. The van der Waals surface area contributed by atoms with Crippen molar-refractivity contribution < 1.29 is 9.47 Å². The Morgan fingerprint density at radius 2 is 2.10 bits per heavy atom. The van der Waals surface area contributed by atoms with E-state index < -0.39 is 0 Å². The summed E-state index contributed by atoms with van der Waals surface area (Å²) in [5.41, 5.74) is 3.76. The molecule has 0 saturated carbocycles. The van der Waals surface area contributed by atoms with Gasteiger partial charge in [0.25, 0.3) is 0 Å². The maximum Gasteiger partial charge on any atom is 0.205 e. The van der Waals surface area contributed by atoms with Crippen LogP contribution < -0.4 is 26.1 Å². The molecule has 4 N–H and O–H groups in total. The highest BCUT2D eigenvalue weighted by atomic mass is 16.6. The second kappa shape index (κ2) is 7.59. The Morgan fingerprint density at radius 3 is 2.85 bits per heavy atom. The number of nitrogens with zero attached hydrogens (tertiary/aromatic N) is 1. The molecule has 1 aliphatic rings. The SMILES string of the molecule is CCCN=C(NN)NCCc1ccc2c(c1)OCCO2. The first-order valence-corrected chi connectivity index (χ1v) is 6.97. The molecule has 0 fully saturated rings. The van der Waals surface area contributed by atoms with E-state index in [1.54, 1.807) is 0 Å². The molecule has 6 heteroatoms. The van der Waals surface area contributed by atoms with Crippen molar-refractivity contribution in [1.82, 2.24) is 10.7 Å². The van der Waals surface area contributed by atoms with Crippen molar-refractivity contribution >= 4 is 5.96 Å². The summed E-state index contributed by atoms with van der Waals surface area (Å²) < 4.78 is 11.1. The van der Waals surface area contributed by atoms with Crippen molar-refractivity contribution in [2.75, 3.05) is 26.3 Å². The van der Waals surface area contributed by atoms with E-state index in [0.717, 1.165) is 37.4 Å². The van der Waals surface area contributed by atoms with Gasteiger partial charge in [0.15, 0.2) is 11.5 Å². The van der Waals surface area contributed by atoms with Crippen LogP contribution in [-0.4, -0.2) is 32.3 Å². The van der Waals surface area contributed by atoms with Gasteiger partial charge in [0.05, 0.1) is 0 Å². The lowest BCUT2D eigenvalue weighted by Crippen LogP contribution is -2.42. The average molecular weight is 278 g/mol. The number of guanidine groups is 1. The number of hydrazine groups is 1. The first kappa shape index (κ1) is 14.5. The normalized spacial score (nSPS) is 14.0. The predicted molar refractivity (Wildman–Crippen MR) is 79.1 cm³/mol. The molecule has 0 unspecified atom stereocenters. The second-order valence-electron chi connectivity index (χ2n) is 4.53. The van der Waals surface area contributed by atoms with Crippen molar-refractivity contribution in [3.63, 3.8) is 0 Å². The Hall–Kier alpha value is -1.95. The van der Waals surface area contributed by atoms with E-state index in [1.807, 2.05) is 18.2 Å². The highest BCUT2D eigenvalue weighted by Gasteiger charge is 2.11. The van der Waals surface area contributed by atoms with Crippen LogP contribution in [0.4, 0.5) is 0 Å². The number of hydrogen-bond donors (Lipinski definition) is 3. The predicted octanol–water partition coefficient (Wildman–Crippen LogP) is 0.819. The van der Waals surface area contributed by atoms with E-state index >= 15 is 0 Å². The molecule has 0 radical (unpaired) electrons. The molecule has 0 aromatic heterocycles. The third kappa shape index (κ3) is 4.03. The zero-order chi connectivity index (χ0) is 14.2. The zero-order valence-electron chi connectivity index (χ0n) is 11.8. The molecule has 1 heterocycles. The van der Waals surface area contributed by atoms with Crippen LogP contribution in [0.15, 0.2) is 23.2 Å². The molecule has 0 bridgehead atoms. The molecule has 20 heavy (non-hydrogen) atoms. The molecule has 0 aliphatic carbocycles. The third-order valence-electron chi connectivity index (χ3n) is 2.94. The smallest absolute Gasteiger partial charge is 0.205 e. The molecule has 1 aromatic rings. The highest BCUT2D eigenvalue weighted by molar-refractivity contribution is 5.79. The van der Waals surface area contributed by atoms with Crippen molar-refractivity contribution in [2.45, 2.75) is 19.8 Å². The fourth-order valence-corrected chi connectivity index (χ4v) is 1.94. The number of ether oxygens (including phenoxy) is 2. The Labute approximate surface area is 119 Å². The van der Waals surface area contributed by atoms with Crippen LogP contribution in [0.2, 0.25) is 0 Å². The molecule has 0 atom stereocenters. The van der Waals surface area contributed by atoms with Crippen molar-refractivity contribution in [1.29, 1.82) is 0 Å².